The molecule has 1 unspecified atom stereocenters. The second-order valence-electron chi connectivity index (χ2n) is 10.1. The van der Waals surface area contributed by atoms with Crippen LogP contribution in [0.5, 0.6) is 17.4 Å². The van der Waals surface area contributed by atoms with E-state index in [1.807, 2.05) is 0 Å². The first-order chi connectivity index (χ1) is 21.1. The molecule has 2 N–H and O–H groups in total. The number of aliphatic carboxylic acids is 1. The van der Waals surface area contributed by atoms with Crippen molar-refractivity contribution >= 4 is 17.6 Å². The van der Waals surface area contributed by atoms with Crippen LogP contribution in [-0.2, 0) is 9.53 Å². The van der Waals surface area contributed by atoms with Crippen LogP contribution in [0, 0.1) is 5.92 Å². The van der Waals surface area contributed by atoms with Crippen LogP contribution in [0.2, 0.25) is 0 Å². The molecule has 9 nitrogen and oxygen atoms in total. The Morgan fingerprint density at radius 2 is 1.67 bits per heavy atom. The number of hydrogen-bond acceptors (Lipinski definition) is 6. The first kappa shape index (κ1) is 33.0. The molecule has 1 heterocycles. The molecular weight excluding hydrogens is 612 g/mol. The molecule has 3 aromatic rings. The van der Waals surface area contributed by atoms with Crippen LogP contribution >= 0.6 is 0 Å². The average molecular weight is 640 g/mol. The number of nitrogens with one attached hydrogen (secondary N) is 1. The number of alkyl halides is 6. The molecule has 1 atom stereocenters. The second kappa shape index (κ2) is 13.4. The highest BCUT2D eigenvalue weighted by Gasteiger charge is 2.40. The first-order valence-electron chi connectivity index (χ1n) is 13.5. The summed E-state index contributed by atoms with van der Waals surface area (Å²) in [4.78, 5) is 23.0. The smallest absolute Gasteiger partial charge is 0.489 e. The zero-order valence-electron chi connectivity index (χ0n) is 23.8. The molecule has 0 radical (unpaired) electrons. The Morgan fingerprint density at radius 3 is 2.24 bits per heavy atom. The van der Waals surface area contributed by atoms with Crippen LogP contribution in [0.25, 0.3) is 16.8 Å². The van der Waals surface area contributed by atoms with Gasteiger partial charge in [-0.15, -0.1) is 18.3 Å². The molecule has 0 bridgehead atoms. The first-order valence-corrected chi connectivity index (χ1v) is 13.5. The minimum atomic E-state index is -4.92. The second-order valence-corrected chi connectivity index (χ2v) is 10.1. The third-order valence-corrected chi connectivity index (χ3v) is 6.23. The van der Waals surface area contributed by atoms with Crippen LogP contribution in [0.15, 0.2) is 72.6 Å². The number of carboxylic acid groups (broad SMARTS) is 1. The third-order valence-electron chi connectivity index (χ3n) is 6.23. The highest BCUT2D eigenvalue weighted by molar-refractivity contribution is 5.94. The van der Waals surface area contributed by atoms with Crippen LogP contribution in [0.1, 0.15) is 37.0 Å². The van der Waals surface area contributed by atoms with Crippen molar-refractivity contribution in [3.63, 3.8) is 0 Å². The molecule has 1 aromatic heterocycles. The Balaban J connectivity index is 1.70. The number of hydrogen-bond donors (Lipinski definition) is 2. The van der Waals surface area contributed by atoms with E-state index < -0.39 is 36.1 Å². The van der Waals surface area contributed by atoms with E-state index in [0.29, 0.717) is 5.56 Å². The number of halogens is 6. The monoisotopic (exact) mass is 639 g/mol. The molecule has 0 saturated carbocycles. The van der Waals surface area contributed by atoms with Crippen molar-refractivity contribution in [2.75, 3.05) is 6.54 Å². The van der Waals surface area contributed by atoms with Crippen molar-refractivity contribution in [3.8, 4) is 28.5 Å². The summed E-state index contributed by atoms with van der Waals surface area (Å²) in [5.41, 5.74) is 0.700. The Bertz CT molecular complexity index is 1580. The van der Waals surface area contributed by atoms with Crippen LogP contribution < -0.4 is 14.8 Å². The number of nitrogens with zero attached hydrogens (tertiary/aromatic N) is 2. The van der Waals surface area contributed by atoms with Crippen LogP contribution in [0.3, 0.4) is 0 Å². The molecule has 15 heteroatoms. The highest BCUT2D eigenvalue weighted by Crippen LogP contribution is 2.40. The van der Waals surface area contributed by atoms with Gasteiger partial charge in [-0.2, -0.15) is 13.2 Å². The lowest BCUT2D eigenvalue weighted by atomic mass is 9.97. The largest absolute Gasteiger partial charge is 0.573 e. The van der Waals surface area contributed by atoms with Gasteiger partial charge in [0.25, 0.3) is 5.91 Å². The van der Waals surface area contributed by atoms with Gasteiger partial charge in [-0.3, -0.25) is 9.59 Å². The standard InChI is InChI=1S/C30H27F6N3O6/c1-17(2)43-25-12-7-20(29(31,32)33)15-24(25)39-16-23(18-3-10-22(11-4-18)45-30(34,35)36)28(38-39)44-21-8-5-19(6-9-21)27(42)37-14-13-26(40)41/h3-6,8-12,15-17,20H,7,13-14H2,1-2H3,(H,37,42)(H,40,41). The van der Waals surface area contributed by atoms with Gasteiger partial charge < -0.3 is 24.6 Å². The van der Waals surface area contributed by atoms with Crippen molar-refractivity contribution in [1.82, 2.24) is 15.1 Å². The number of ether oxygens (including phenoxy) is 3. The normalized spacial score (nSPS) is 15.3. The van der Waals surface area contributed by atoms with E-state index in [1.54, 1.807) is 13.8 Å². The zero-order valence-corrected chi connectivity index (χ0v) is 23.8. The number of rotatable bonds is 11. The van der Waals surface area contributed by atoms with E-state index >= 15 is 0 Å². The Kier molecular flexibility index (Phi) is 9.78. The van der Waals surface area contributed by atoms with Gasteiger partial charge >= 0.3 is 18.5 Å². The molecule has 1 amide bonds. The molecule has 1 aliphatic carbocycles. The minimum absolute atomic E-state index is 0.0150. The summed E-state index contributed by atoms with van der Waals surface area (Å²) >= 11 is 0. The van der Waals surface area contributed by atoms with Gasteiger partial charge in [0.1, 0.15) is 23.0 Å². The lowest BCUT2D eigenvalue weighted by Crippen LogP contribution is -2.25. The van der Waals surface area contributed by atoms with E-state index in [9.17, 15) is 35.9 Å². The Hall–Kier alpha value is -4.95. The van der Waals surface area contributed by atoms with E-state index in [0.717, 1.165) is 22.9 Å². The number of carbonyl (C=O) groups excluding carboxylic acids is 1. The van der Waals surface area contributed by atoms with Crippen LogP contribution in [-0.4, -0.2) is 52.0 Å². The number of carboxylic acids is 1. The number of amides is 1. The van der Waals surface area contributed by atoms with E-state index in [2.05, 4.69) is 15.2 Å². The fourth-order valence-electron chi connectivity index (χ4n) is 4.22. The van der Waals surface area contributed by atoms with Crippen molar-refractivity contribution in [1.29, 1.82) is 0 Å². The van der Waals surface area contributed by atoms with Gasteiger partial charge in [0.05, 0.1) is 24.0 Å². The van der Waals surface area contributed by atoms with Gasteiger partial charge in [-0.05, 0) is 74.4 Å². The molecule has 2 aromatic carbocycles. The van der Waals surface area contributed by atoms with Crippen molar-refractivity contribution in [2.45, 2.75) is 45.3 Å². The average Bonchev–Trinajstić information content (AvgIpc) is 3.35. The molecule has 45 heavy (non-hydrogen) atoms. The van der Waals surface area contributed by atoms with Gasteiger partial charge in [0.2, 0.25) is 5.88 Å². The Labute approximate surface area is 252 Å². The summed E-state index contributed by atoms with van der Waals surface area (Å²) in [6, 6.07) is 10.4. The van der Waals surface area contributed by atoms with E-state index in [-0.39, 0.29) is 59.7 Å². The Morgan fingerprint density at radius 1 is 1.02 bits per heavy atom. The number of carbonyl (C=O) groups is 2. The van der Waals surface area contributed by atoms with E-state index in [1.165, 1.54) is 48.7 Å². The summed E-state index contributed by atoms with van der Waals surface area (Å²) in [5.74, 6) is -3.71. The van der Waals surface area contributed by atoms with Gasteiger partial charge in [-0.25, -0.2) is 4.68 Å². The quantitative estimate of drug-likeness (QED) is 0.214. The minimum Gasteiger partial charge on any atom is -0.489 e. The maximum Gasteiger partial charge on any atom is 0.573 e. The zero-order chi connectivity index (χ0) is 32.9. The van der Waals surface area contributed by atoms with Crippen LogP contribution in [0.4, 0.5) is 26.3 Å². The summed E-state index contributed by atoms with van der Waals surface area (Å²) in [7, 11) is 0. The summed E-state index contributed by atoms with van der Waals surface area (Å²) in [6.07, 6.45) is -6.78. The number of aromatic nitrogens is 2. The molecule has 0 spiro atoms. The molecule has 240 valence electrons. The van der Waals surface area contributed by atoms with Crippen molar-refractivity contribution in [2.24, 2.45) is 5.92 Å². The fourth-order valence-corrected chi connectivity index (χ4v) is 4.22. The molecule has 0 saturated heterocycles. The summed E-state index contributed by atoms with van der Waals surface area (Å²) in [6.45, 7) is 3.33. The summed E-state index contributed by atoms with van der Waals surface area (Å²) in [5, 5.41) is 15.6. The lowest BCUT2D eigenvalue weighted by molar-refractivity contribution is -0.274. The third kappa shape index (κ3) is 9.03. The maximum absolute atomic E-state index is 13.7. The fraction of sp³-hybridized carbons (Fsp3) is 0.300. The predicted octanol–water partition coefficient (Wildman–Crippen LogP) is 7.18. The number of allylic oxidation sites excluding steroid dienone is 3. The molecular formula is C30H27F6N3O6. The molecule has 0 aliphatic heterocycles. The lowest BCUT2D eigenvalue weighted by Gasteiger charge is -2.25. The molecule has 0 fully saturated rings. The van der Waals surface area contributed by atoms with Crippen molar-refractivity contribution < 1.29 is 55.2 Å². The van der Waals surface area contributed by atoms with E-state index in [4.69, 9.17) is 14.6 Å². The molecule has 1 aliphatic rings. The number of benzene rings is 2. The van der Waals surface area contributed by atoms with Gasteiger partial charge in [0.15, 0.2) is 0 Å². The summed E-state index contributed by atoms with van der Waals surface area (Å²) < 4.78 is 95.9. The maximum atomic E-state index is 13.7. The predicted molar refractivity (Wildman–Crippen MR) is 148 cm³/mol. The molecule has 4 rings (SSSR count). The van der Waals surface area contributed by atoms with Gasteiger partial charge in [0, 0.05) is 18.3 Å². The highest BCUT2D eigenvalue weighted by atomic mass is 19.4. The van der Waals surface area contributed by atoms with Crippen molar-refractivity contribution in [3.05, 3.63) is 78.2 Å². The van der Waals surface area contributed by atoms with Gasteiger partial charge in [-0.1, -0.05) is 12.1 Å². The SMILES string of the molecule is CC(C)OC1=CCC(C(F)(F)F)C=C1n1cc(-c2ccc(OC(F)(F)F)cc2)c(Oc2ccc(C(=O)NCCC(=O)O)cc2)n1. The topological polar surface area (TPSA) is 112 Å².